The van der Waals surface area contributed by atoms with Crippen LogP contribution < -0.4 is 0 Å². The highest BCUT2D eigenvalue weighted by molar-refractivity contribution is 5.37. The van der Waals surface area contributed by atoms with Gasteiger partial charge >= 0.3 is 0 Å². The molecule has 0 unspecified atom stereocenters. The van der Waals surface area contributed by atoms with E-state index >= 15 is 0 Å². The Hall–Kier alpha value is -1.64. The lowest BCUT2D eigenvalue weighted by Gasteiger charge is -2.28. The predicted octanol–water partition coefficient (Wildman–Crippen LogP) is 4.97. The van der Waals surface area contributed by atoms with Gasteiger partial charge in [-0.05, 0) is 30.0 Å². The molecule has 3 heteroatoms. The van der Waals surface area contributed by atoms with Gasteiger partial charge in [-0.2, -0.15) is 5.10 Å². The van der Waals surface area contributed by atoms with Crippen molar-refractivity contribution in [2.45, 2.75) is 65.8 Å². The van der Waals surface area contributed by atoms with Crippen molar-refractivity contribution in [3.8, 4) is 0 Å². The lowest BCUT2D eigenvalue weighted by Crippen LogP contribution is -2.25. The Bertz CT molecular complexity index is 652. The van der Waals surface area contributed by atoms with E-state index < -0.39 is 0 Å². The monoisotopic (exact) mass is 302 g/mol. The van der Waals surface area contributed by atoms with Crippen LogP contribution in [0.1, 0.15) is 64.1 Å². The number of aryl methyl sites for hydroxylation is 1. The van der Waals surface area contributed by atoms with Crippen LogP contribution in [0.15, 0.2) is 24.3 Å². The Morgan fingerprint density at radius 1 is 0.955 bits per heavy atom. The molecule has 1 aromatic heterocycles. The lowest BCUT2D eigenvalue weighted by atomic mass is 9.78. The van der Waals surface area contributed by atoms with E-state index in [1.807, 2.05) is 12.1 Å². The van der Waals surface area contributed by atoms with Crippen molar-refractivity contribution >= 4 is 0 Å². The first kappa shape index (κ1) is 16.7. The van der Waals surface area contributed by atoms with Crippen LogP contribution in [0, 0.1) is 12.7 Å². The molecule has 0 aliphatic heterocycles. The summed E-state index contributed by atoms with van der Waals surface area (Å²) in [7, 11) is 0. The Kier molecular flexibility index (Phi) is 4.20. The highest BCUT2D eigenvalue weighted by Crippen LogP contribution is 2.36. The molecule has 0 saturated carbocycles. The third kappa shape index (κ3) is 3.40. The van der Waals surface area contributed by atoms with Crippen molar-refractivity contribution < 1.29 is 4.39 Å². The van der Waals surface area contributed by atoms with Crippen LogP contribution in [0.25, 0.3) is 0 Å². The van der Waals surface area contributed by atoms with E-state index in [-0.39, 0.29) is 16.6 Å². The van der Waals surface area contributed by atoms with Gasteiger partial charge in [0, 0.05) is 16.7 Å². The van der Waals surface area contributed by atoms with Crippen molar-refractivity contribution in [2.75, 3.05) is 0 Å². The topological polar surface area (TPSA) is 17.8 Å². The number of halogens is 1. The van der Waals surface area contributed by atoms with Crippen LogP contribution >= 0.6 is 0 Å². The highest BCUT2D eigenvalue weighted by Gasteiger charge is 2.31. The molecule has 0 saturated heterocycles. The van der Waals surface area contributed by atoms with Crippen LogP contribution in [0.5, 0.6) is 0 Å². The average Bonchev–Trinajstić information content (AvgIpc) is 2.68. The van der Waals surface area contributed by atoms with Gasteiger partial charge in [-0.3, -0.25) is 4.68 Å². The molecule has 1 heterocycles. The molecule has 2 rings (SSSR count). The van der Waals surface area contributed by atoms with Gasteiger partial charge in [0.1, 0.15) is 5.82 Å². The first-order valence-electron chi connectivity index (χ1n) is 7.83. The highest BCUT2D eigenvalue weighted by atomic mass is 19.1. The minimum atomic E-state index is -0.202. The fourth-order valence-electron chi connectivity index (χ4n) is 3.12. The normalized spacial score (nSPS) is 12.7. The third-order valence-corrected chi connectivity index (χ3v) is 3.83. The molecule has 120 valence electrons. The number of hydrogen-bond donors (Lipinski definition) is 0. The summed E-state index contributed by atoms with van der Waals surface area (Å²) >= 11 is 0. The van der Waals surface area contributed by atoms with Crippen molar-refractivity contribution in [1.82, 2.24) is 9.78 Å². The maximum absolute atomic E-state index is 13.1. The van der Waals surface area contributed by atoms with Gasteiger partial charge in [-0.25, -0.2) is 4.39 Å². The average molecular weight is 302 g/mol. The molecule has 2 nitrogen and oxygen atoms in total. The van der Waals surface area contributed by atoms with Gasteiger partial charge in [-0.1, -0.05) is 53.7 Å². The minimum Gasteiger partial charge on any atom is -0.264 e. The van der Waals surface area contributed by atoms with Gasteiger partial charge in [0.05, 0.1) is 12.2 Å². The fraction of sp³-hybridized carbons (Fsp3) is 0.526. The van der Waals surface area contributed by atoms with Crippen LogP contribution in [-0.4, -0.2) is 9.78 Å². The summed E-state index contributed by atoms with van der Waals surface area (Å²) in [6.45, 7) is 16.1. The van der Waals surface area contributed by atoms with Crippen LogP contribution in [0.4, 0.5) is 4.39 Å². The number of hydrogen-bond acceptors (Lipinski definition) is 1. The van der Waals surface area contributed by atoms with E-state index in [4.69, 9.17) is 5.10 Å². The maximum atomic E-state index is 13.1. The SMILES string of the molecule is Cc1nn(Cc2ccc(F)cc2)c(C(C)(C)C)c1C(C)(C)C. The molecular weight excluding hydrogens is 275 g/mol. The third-order valence-electron chi connectivity index (χ3n) is 3.83. The van der Waals surface area contributed by atoms with E-state index in [2.05, 4.69) is 53.1 Å². The second-order valence-electron chi connectivity index (χ2n) is 8.09. The van der Waals surface area contributed by atoms with Crippen LogP contribution in [0.2, 0.25) is 0 Å². The molecule has 0 aliphatic rings. The smallest absolute Gasteiger partial charge is 0.123 e. The maximum Gasteiger partial charge on any atom is 0.123 e. The summed E-state index contributed by atoms with van der Waals surface area (Å²) in [5, 5.41) is 4.78. The largest absolute Gasteiger partial charge is 0.264 e. The first-order valence-corrected chi connectivity index (χ1v) is 7.83. The van der Waals surface area contributed by atoms with Gasteiger partial charge < -0.3 is 0 Å². The van der Waals surface area contributed by atoms with Crippen molar-refractivity contribution in [2.24, 2.45) is 0 Å². The van der Waals surface area contributed by atoms with Gasteiger partial charge in [0.2, 0.25) is 0 Å². The standard InChI is InChI=1S/C19H27FN2/c1-13-16(18(2,3)4)17(19(5,6)7)22(21-13)12-14-8-10-15(20)11-9-14/h8-11H,12H2,1-7H3. The predicted molar refractivity (Wildman–Crippen MR) is 89.9 cm³/mol. The summed E-state index contributed by atoms with van der Waals surface area (Å²) in [5.74, 6) is -0.202. The molecule has 0 N–H and O–H groups in total. The number of rotatable bonds is 2. The van der Waals surface area contributed by atoms with E-state index in [1.165, 1.54) is 23.4 Å². The first-order chi connectivity index (χ1) is 10.00. The lowest BCUT2D eigenvalue weighted by molar-refractivity contribution is 0.480. The van der Waals surface area contributed by atoms with Crippen LogP contribution in [-0.2, 0) is 17.4 Å². The zero-order chi connectivity index (χ0) is 16.7. The van der Waals surface area contributed by atoms with Crippen molar-refractivity contribution in [1.29, 1.82) is 0 Å². The number of nitrogens with zero attached hydrogens (tertiary/aromatic N) is 2. The molecule has 0 aliphatic carbocycles. The van der Waals surface area contributed by atoms with Crippen molar-refractivity contribution in [3.05, 3.63) is 52.6 Å². The van der Waals surface area contributed by atoms with Crippen LogP contribution in [0.3, 0.4) is 0 Å². The quantitative estimate of drug-likeness (QED) is 0.765. The fourth-order valence-corrected chi connectivity index (χ4v) is 3.12. The molecule has 0 fully saturated rings. The van der Waals surface area contributed by atoms with Crippen molar-refractivity contribution in [3.63, 3.8) is 0 Å². The Morgan fingerprint density at radius 2 is 1.50 bits per heavy atom. The molecular formula is C19H27FN2. The Labute approximate surface area is 133 Å². The molecule has 0 spiro atoms. The minimum absolute atomic E-state index is 0.00387. The summed E-state index contributed by atoms with van der Waals surface area (Å²) in [5.41, 5.74) is 4.79. The zero-order valence-electron chi connectivity index (χ0n) is 14.8. The summed E-state index contributed by atoms with van der Waals surface area (Å²) in [4.78, 5) is 0. The molecule has 0 radical (unpaired) electrons. The summed E-state index contributed by atoms with van der Waals surface area (Å²) in [6.07, 6.45) is 0. The molecule has 1 aromatic carbocycles. The van der Waals surface area contributed by atoms with E-state index in [9.17, 15) is 4.39 Å². The Morgan fingerprint density at radius 3 is 1.95 bits per heavy atom. The Balaban J connectivity index is 2.54. The molecule has 22 heavy (non-hydrogen) atoms. The van der Waals surface area contributed by atoms with Gasteiger partial charge in [0.15, 0.2) is 0 Å². The summed E-state index contributed by atoms with van der Waals surface area (Å²) in [6, 6.07) is 6.67. The number of aromatic nitrogens is 2. The number of benzene rings is 1. The van der Waals surface area contributed by atoms with Gasteiger partial charge in [0.25, 0.3) is 0 Å². The molecule has 0 bridgehead atoms. The molecule has 2 aromatic rings. The molecule has 0 atom stereocenters. The van der Waals surface area contributed by atoms with E-state index in [0.717, 1.165) is 11.3 Å². The molecule has 0 amide bonds. The second kappa shape index (κ2) is 5.53. The summed E-state index contributed by atoms with van der Waals surface area (Å²) < 4.78 is 15.2. The van der Waals surface area contributed by atoms with Gasteiger partial charge in [-0.15, -0.1) is 0 Å². The zero-order valence-corrected chi connectivity index (χ0v) is 14.8. The van der Waals surface area contributed by atoms with E-state index in [1.54, 1.807) is 0 Å². The van der Waals surface area contributed by atoms with E-state index in [0.29, 0.717) is 6.54 Å². The second-order valence-corrected chi connectivity index (χ2v) is 8.09.